The zero-order chi connectivity index (χ0) is 19.6. The van der Waals surface area contributed by atoms with E-state index in [9.17, 15) is 23.7 Å². The van der Waals surface area contributed by atoms with Gasteiger partial charge in [-0.1, -0.05) is 30.3 Å². The molecule has 1 unspecified atom stereocenters. The fourth-order valence-electron chi connectivity index (χ4n) is 3.39. The quantitative estimate of drug-likeness (QED) is 0.421. The summed E-state index contributed by atoms with van der Waals surface area (Å²) < 4.78 is 47.4. The second-order valence-corrected chi connectivity index (χ2v) is 7.62. The molecule has 10 nitrogen and oxygen atoms in total. The average Bonchev–Trinajstić information content (AvgIpc) is 2.89. The Morgan fingerprint density at radius 2 is 1.93 bits per heavy atom. The van der Waals surface area contributed by atoms with Crippen LogP contribution in [-0.2, 0) is 24.1 Å². The van der Waals surface area contributed by atoms with E-state index in [1.165, 1.54) is 0 Å². The van der Waals surface area contributed by atoms with Gasteiger partial charge in [-0.2, -0.15) is 8.42 Å². The fraction of sp³-hybridized carbons (Fsp3) is 0.625. The van der Waals surface area contributed by atoms with Gasteiger partial charge in [0.05, 0.1) is 31.5 Å². The molecular weight excluding hydrogens is 382 g/mol. The Labute approximate surface area is 156 Å². The summed E-state index contributed by atoms with van der Waals surface area (Å²) in [7, 11) is -4.74. The maximum absolute atomic E-state index is 11.1. The molecule has 0 saturated carbocycles. The van der Waals surface area contributed by atoms with Crippen molar-refractivity contribution in [3.05, 3.63) is 35.9 Å². The Bertz CT molecular complexity index is 716. The third kappa shape index (κ3) is 5.02. The first kappa shape index (κ1) is 20.6. The van der Waals surface area contributed by atoms with Crippen molar-refractivity contribution >= 4 is 10.4 Å². The number of aliphatic hydroxyl groups excluding tert-OH is 3. The number of nitrogens with zero attached hydrogens (tertiary/aromatic N) is 1. The van der Waals surface area contributed by atoms with Crippen LogP contribution >= 0.6 is 0 Å². The largest absolute Gasteiger partial charge is 0.397 e. The van der Waals surface area contributed by atoms with Crippen LogP contribution in [0, 0.1) is 0 Å². The summed E-state index contributed by atoms with van der Waals surface area (Å²) in [5, 5.41) is 29.3. The third-order valence-corrected chi connectivity index (χ3v) is 5.21. The van der Waals surface area contributed by atoms with E-state index >= 15 is 0 Å². The molecule has 2 aliphatic heterocycles. The summed E-state index contributed by atoms with van der Waals surface area (Å²) in [6.45, 7) is -0.436. The molecule has 2 saturated heterocycles. The van der Waals surface area contributed by atoms with Crippen molar-refractivity contribution in [1.29, 1.82) is 0 Å². The van der Waals surface area contributed by atoms with E-state index in [1.807, 2.05) is 6.07 Å². The van der Waals surface area contributed by atoms with Gasteiger partial charge >= 0.3 is 10.4 Å². The molecule has 1 aromatic carbocycles. The van der Waals surface area contributed by atoms with Gasteiger partial charge in [-0.15, -0.1) is 0 Å². The van der Waals surface area contributed by atoms with E-state index in [1.54, 1.807) is 29.2 Å². The minimum absolute atomic E-state index is 0.0478. The molecule has 6 atom stereocenters. The van der Waals surface area contributed by atoms with Crippen LogP contribution in [0.15, 0.2) is 30.3 Å². The van der Waals surface area contributed by atoms with E-state index in [0.717, 1.165) is 0 Å². The number of likely N-dealkylation sites (tertiary alicyclic amines) is 1. The van der Waals surface area contributed by atoms with Crippen LogP contribution in [0.1, 0.15) is 11.9 Å². The van der Waals surface area contributed by atoms with Gasteiger partial charge in [-0.25, -0.2) is 4.18 Å². The number of hydrogen-bond donors (Lipinski definition) is 4. The first-order chi connectivity index (χ1) is 12.8. The summed E-state index contributed by atoms with van der Waals surface area (Å²) >= 11 is 0. The number of benzene rings is 1. The Hall–Kier alpha value is -1.15. The molecular formula is C16H23NO9S. The maximum atomic E-state index is 11.1. The monoisotopic (exact) mass is 405 g/mol. The van der Waals surface area contributed by atoms with E-state index in [4.69, 9.17) is 14.0 Å². The molecule has 152 valence electrons. The number of hydrogen-bond acceptors (Lipinski definition) is 9. The Kier molecular flexibility index (Phi) is 6.46. The Balaban J connectivity index is 1.77. The highest BCUT2D eigenvalue weighted by Gasteiger charge is 2.44. The van der Waals surface area contributed by atoms with Gasteiger partial charge in [-0.05, 0) is 0 Å². The summed E-state index contributed by atoms with van der Waals surface area (Å²) in [4.78, 5) is 1.59. The van der Waals surface area contributed by atoms with Crippen molar-refractivity contribution in [2.75, 3.05) is 26.3 Å². The minimum atomic E-state index is -4.74. The van der Waals surface area contributed by atoms with Crippen LogP contribution in [-0.4, -0.2) is 90.0 Å². The molecule has 0 aromatic heterocycles. The second kappa shape index (κ2) is 8.47. The van der Waals surface area contributed by atoms with Gasteiger partial charge in [0.15, 0.2) is 6.29 Å². The average molecular weight is 405 g/mol. The molecule has 0 amide bonds. The zero-order valence-corrected chi connectivity index (χ0v) is 15.2. The molecule has 2 aliphatic rings. The van der Waals surface area contributed by atoms with Gasteiger partial charge in [0.25, 0.3) is 0 Å². The number of β-amino-alcohol motifs (C(OH)–C–C–N with tert-alkyl or cyclic N) is 1. The molecule has 2 fully saturated rings. The first-order valence-corrected chi connectivity index (χ1v) is 9.83. The Morgan fingerprint density at radius 1 is 1.22 bits per heavy atom. The van der Waals surface area contributed by atoms with Gasteiger partial charge in [0, 0.05) is 18.7 Å². The number of ether oxygens (including phenoxy) is 2. The predicted molar refractivity (Wildman–Crippen MR) is 90.9 cm³/mol. The molecule has 27 heavy (non-hydrogen) atoms. The van der Waals surface area contributed by atoms with E-state index in [2.05, 4.69) is 4.18 Å². The lowest BCUT2D eigenvalue weighted by Crippen LogP contribution is -2.51. The van der Waals surface area contributed by atoms with E-state index in [-0.39, 0.29) is 19.7 Å². The number of rotatable bonds is 6. The zero-order valence-electron chi connectivity index (χ0n) is 14.4. The van der Waals surface area contributed by atoms with Crippen molar-refractivity contribution in [3.8, 4) is 0 Å². The highest BCUT2D eigenvalue weighted by molar-refractivity contribution is 7.80. The van der Waals surface area contributed by atoms with E-state index < -0.39 is 53.8 Å². The van der Waals surface area contributed by atoms with Crippen LogP contribution in [0.3, 0.4) is 0 Å². The van der Waals surface area contributed by atoms with Crippen LogP contribution in [0.2, 0.25) is 0 Å². The van der Waals surface area contributed by atoms with Crippen molar-refractivity contribution < 1.29 is 41.9 Å². The molecule has 0 aliphatic carbocycles. The summed E-state index contributed by atoms with van der Waals surface area (Å²) in [5.41, 5.74) is 0.716. The number of aliphatic hydroxyl groups is 3. The van der Waals surface area contributed by atoms with Crippen molar-refractivity contribution in [2.24, 2.45) is 0 Å². The van der Waals surface area contributed by atoms with Crippen LogP contribution < -0.4 is 0 Å². The van der Waals surface area contributed by atoms with Crippen LogP contribution in [0.25, 0.3) is 0 Å². The highest BCUT2D eigenvalue weighted by Crippen LogP contribution is 2.30. The maximum Gasteiger partial charge on any atom is 0.397 e. The molecule has 4 N–H and O–H groups in total. The second-order valence-electron chi connectivity index (χ2n) is 6.57. The minimum Gasteiger partial charge on any atom is -0.395 e. The van der Waals surface area contributed by atoms with Gasteiger partial charge in [-0.3, -0.25) is 9.45 Å². The van der Waals surface area contributed by atoms with Crippen molar-refractivity contribution in [3.63, 3.8) is 0 Å². The first-order valence-electron chi connectivity index (χ1n) is 8.47. The van der Waals surface area contributed by atoms with Gasteiger partial charge in [0.1, 0.15) is 12.2 Å². The highest BCUT2D eigenvalue weighted by atomic mass is 32.3. The van der Waals surface area contributed by atoms with Gasteiger partial charge < -0.3 is 24.8 Å². The topological polar surface area (TPSA) is 146 Å². The molecule has 3 rings (SSSR count). The smallest absolute Gasteiger partial charge is 0.395 e. The molecule has 0 radical (unpaired) electrons. The lowest BCUT2D eigenvalue weighted by molar-refractivity contribution is -0.255. The van der Waals surface area contributed by atoms with Crippen LogP contribution in [0.4, 0.5) is 0 Å². The van der Waals surface area contributed by atoms with Crippen LogP contribution in [0.5, 0.6) is 0 Å². The normalized spacial score (nSPS) is 35.4. The summed E-state index contributed by atoms with van der Waals surface area (Å²) in [5.74, 6) is 0. The summed E-state index contributed by atoms with van der Waals surface area (Å²) in [6.07, 6.45) is -4.96. The molecule has 0 spiro atoms. The molecule has 11 heteroatoms. The van der Waals surface area contributed by atoms with Crippen molar-refractivity contribution in [2.45, 2.75) is 36.7 Å². The third-order valence-electron chi connectivity index (χ3n) is 4.72. The van der Waals surface area contributed by atoms with Gasteiger partial charge in [0.2, 0.25) is 0 Å². The summed E-state index contributed by atoms with van der Waals surface area (Å²) in [6, 6.07) is 8.26. The lowest BCUT2D eigenvalue weighted by atomic mass is 10.1. The SMILES string of the molecule is O=S(=O)(O)O[C@@H]1COC(c2ccccc2)O[C@H]1CN1C[C@H](O)[C@@H](O)[C@@H]1CO. The standard InChI is InChI=1S/C16H23NO9S/c18-8-11-15(20)12(19)6-17(11)7-13-14(26-27(21,22)23)9-24-16(25-13)10-4-2-1-3-5-10/h1-5,11-16,18-20H,6-9H2,(H,21,22,23)/t11-,12-,13-,14+,15-,16?/m0/s1. The molecule has 2 heterocycles. The van der Waals surface area contributed by atoms with Crippen molar-refractivity contribution in [1.82, 2.24) is 4.90 Å². The Morgan fingerprint density at radius 3 is 2.56 bits per heavy atom. The molecule has 1 aromatic rings. The van der Waals surface area contributed by atoms with E-state index in [0.29, 0.717) is 5.56 Å². The lowest BCUT2D eigenvalue weighted by Gasteiger charge is -2.38. The predicted octanol–water partition coefficient (Wildman–Crippen LogP) is -1.31. The fourth-order valence-corrected chi connectivity index (χ4v) is 3.88. The molecule has 0 bridgehead atoms.